The molecule has 2 aromatic carbocycles. The van der Waals surface area contributed by atoms with Crippen LogP contribution in [0, 0.1) is 16.7 Å². The van der Waals surface area contributed by atoms with E-state index in [1.165, 1.54) is 28.6 Å². The zero-order valence-electron chi connectivity index (χ0n) is 19.2. The van der Waals surface area contributed by atoms with E-state index in [1.54, 1.807) is 0 Å². The lowest BCUT2D eigenvalue weighted by Gasteiger charge is -2.33. The standard InChI is InChI=1S/C25H31N3O4S/c1-25(2,15-6-18-32-22-7-4-3-5-8-22)24(29)27-21-13-16-28(17-14-21)33(30,31)23-11-9-20(19-26)10-12-23/h3-5,7-12,21H,6,13-18H2,1-2H3,(H,27,29). The molecule has 0 aliphatic carbocycles. The van der Waals surface area contributed by atoms with Crippen molar-refractivity contribution in [1.82, 2.24) is 9.62 Å². The number of benzene rings is 2. The van der Waals surface area contributed by atoms with E-state index in [-0.39, 0.29) is 16.8 Å². The van der Waals surface area contributed by atoms with Crippen LogP contribution in [0.2, 0.25) is 0 Å². The highest BCUT2D eigenvalue weighted by Crippen LogP contribution is 2.25. The zero-order valence-corrected chi connectivity index (χ0v) is 20.0. The van der Waals surface area contributed by atoms with Gasteiger partial charge in [-0.15, -0.1) is 0 Å². The molecule has 0 bridgehead atoms. The van der Waals surface area contributed by atoms with Gasteiger partial charge in [-0.3, -0.25) is 4.79 Å². The Bertz CT molecular complexity index is 1070. The Morgan fingerprint density at radius 1 is 1.12 bits per heavy atom. The Balaban J connectivity index is 1.45. The van der Waals surface area contributed by atoms with Gasteiger partial charge in [-0.05, 0) is 62.1 Å². The van der Waals surface area contributed by atoms with Gasteiger partial charge >= 0.3 is 0 Å². The van der Waals surface area contributed by atoms with Gasteiger partial charge in [0.15, 0.2) is 0 Å². The maximum atomic E-state index is 12.9. The molecular weight excluding hydrogens is 438 g/mol. The van der Waals surface area contributed by atoms with E-state index in [2.05, 4.69) is 5.32 Å². The molecule has 0 aromatic heterocycles. The first kappa shape index (κ1) is 24.7. The number of hydrogen-bond donors (Lipinski definition) is 1. The summed E-state index contributed by atoms with van der Waals surface area (Å²) in [6.07, 6.45) is 2.58. The Kier molecular flexibility index (Phi) is 8.11. The van der Waals surface area contributed by atoms with Gasteiger partial charge in [0.25, 0.3) is 0 Å². The first-order chi connectivity index (χ1) is 15.7. The average molecular weight is 470 g/mol. The fraction of sp³-hybridized carbons (Fsp3) is 0.440. The molecule has 0 unspecified atom stereocenters. The normalized spacial score (nSPS) is 15.5. The number of piperidine rings is 1. The molecule has 176 valence electrons. The summed E-state index contributed by atoms with van der Waals surface area (Å²) in [6.45, 7) is 5.09. The molecule has 0 atom stereocenters. The highest BCUT2D eigenvalue weighted by molar-refractivity contribution is 7.89. The van der Waals surface area contributed by atoms with Crippen LogP contribution in [0.4, 0.5) is 0 Å². The summed E-state index contributed by atoms with van der Waals surface area (Å²) >= 11 is 0. The second-order valence-electron chi connectivity index (χ2n) is 8.94. The number of sulfonamides is 1. The number of ether oxygens (including phenoxy) is 1. The minimum absolute atomic E-state index is 0.0180. The number of amides is 1. The molecule has 3 rings (SSSR count). The monoisotopic (exact) mass is 469 g/mol. The molecular formula is C25H31N3O4S. The van der Waals surface area contributed by atoms with Crippen LogP contribution < -0.4 is 10.1 Å². The van der Waals surface area contributed by atoms with E-state index in [4.69, 9.17) is 10.00 Å². The molecule has 0 spiro atoms. The zero-order chi connectivity index (χ0) is 23.9. The second kappa shape index (κ2) is 10.8. The third kappa shape index (κ3) is 6.56. The van der Waals surface area contributed by atoms with E-state index in [9.17, 15) is 13.2 Å². The van der Waals surface area contributed by atoms with E-state index < -0.39 is 15.4 Å². The van der Waals surface area contributed by atoms with Crippen LogP contribution in [0.5, 0.6) is 5.75 Å². The largest absolute Gasteiger partial charge is 0.494 e. The van der Waals surface area contributed by atoms with Crippen molar-refractivity contribution < 1.29 is 17.9 Å². The van der Waals surface area contributed by atoms with Crippen LogP contribution >= 0.6 is 0 Å². The van der Waals surface area contributed by atoms with E-state index in [0.29, 0.717) is 44.5 Å². The van der Waals surface area contributed by atoms with Gasteiger partial charge in [0, 0.05) is 24.5 Å². The lowest BCUT2D eigenvalue weighted by Crippen LogP contribution is -2.49. The van der Waals surface area contributed by atoms with Gasteiger partial charge in [-0.1, -0.05) is 32.0 Å². The fourth-order valence-electron chi connectivity index (χ4n) is 3.81. The predicted molar refractivity (Wildman–Crippen MR) is 126 cm³/mol. The second-order valence-corrected chi connectivity index (χ2v) is 10.9. The molecule has 1 amide bonds. The molecule has 33 heavy (non-hydrogen) atoms. The van der Waals surface area contributed by atoms with Crippen molar-refractivity contribution in [2.24, 2.45) is 5.41 Å². The van der Waals surface area contributed by atoms with Gasteiger partial charge in [0.05, 0.1) is 23.1 Å². The molecule has 7 nitrogen and oxygen atoms in total. The van der Waals surface area contributed by atoms with Crippen LogP contribution in [0.15, 0.2) is 59.5 Å². The third-order valence-electron chi connectivity index (χ3n) is 5.98. The quantitative estimate of drug-likeness (QED) is 0.565. The van der Waals surface area contributed by atoms with Crippen molar-refractivity contribution in [3.8, 4) is 11.8 Å². The first-order valence-corrected chi connectivity index (χ1v) is 12.7. The topological polar surface area (TPSA) is 99.5 Å². The number of nitrogens with one attached hydrogen (secondary N) is 1. The van der Waals surface area contributed by atoms with Crippen molar-refractivity contribution >= 4 is 15.9 Å². The molecule has 1 aliphatic heterocycles. The average Bonchev–Trinajstić information content (AvgIpc) is 2.83. The number of carbonyl (C=O) groups excluding carboxylic acids is 1. The van der Waals surface area contributed by atoms with Crippen LogP contribution in [-0.4, -0.2) is 44.4 Å². The lowest BCUT2D eigenvalue weighted by molar-refractivity contribution is -0.130. The summed E-state index contributed by atoms with van der Waals surface area (Å²) in [7, 11) is -3.61. The van der Waals surface area contributed by atoms with Crippen LogP contribution in [0.1, 0.15) is 45.1 Å². The summed E-state index contributed by atoms with van der Waals surface area (Å²) in [5, 5.41) is 12.0. The van der Waals surface area contributed by atoms with Crippen molar-refractivity contribution in [3.63, 3.8) is 0 Å². The molecule has 2 aromatic rings. The van der Waals surface area contributed by atoms with Crippen LogP contribution in [0.25, 0.3) is 0 Å². The summed E-state index contributed by atoms with van der Waals surface area (Å²) in [6, 6.07) is 17.5. The number of rotatable bonds is 9. The number of nitrogens with zero attached hydrogens (tertiary/aromatic N) is 2. The molecule has 1 N–H and O–H groups in total. The van der Waals surface area contributed by atoms with Gasteiger partial charge < -0.3 is 10.1 Å². The molecule has 1 aliphatic rings. The smallest absolute Gasteiger partial charge is 0.243 e. The number of carbonyl (C=O) groups is 1. The molecule has 1 heterocycles. The Labute approximate surface area is 196 Å². The Morgan fingerprint density at radius 2 is 1.76 bits per heavy atom. The molecule has 0 radical (unpaired) electrons. The summed E-state index contributed by atoms with van der Waals surface area (Å²) in [4.78, 5) is 13.0. The van der Waals surface area contributed by atoms with Gasteiger partial charge in [0.2, 0.25) is 15.9 Å². The SMILES string of the molecule is CC(C)(CCCOc1ccccc1)C(=O)NC1CCN(S(=O)(=O)c2ccc(C#N)cc2)CC1. The molecule has 8 heteroatoms. The number of para-hydroxylation sites is 1. The minimum Gasteiger partial charge on any atom is -0.494 e. The predicted octanol–water partition coefficient (Wildman–Crippen LogP) is 3.71. The van der Waals surface area contributed by atoms with E-state index in [1.807, 2.05) is 50.2 Å². The Hall–Kier alpha value is -2.89. The minimum atomic E-state index is -3.61. The number of nitriles is 1. The van der Waals surface area contributed by atoms with Gasteiger partial charge in [-0.2, -0.15) is 9.57 Å². The van der Waals surface area contributed by atoms with Crippen LogP contribution in [0.3, 0.4) is 0 Å². The molecule has 1 fully saturated rings. The van der Waals surface area contributed by atoms with Crippen molar-refractivity contribution in [2.45, 2.75) is 50.5 Å². The van der Waals surface area contributed by atoms with Crippen molar-refractivity contribution in [1.29, 1.82) is 5.26 Å². The maximum absolute atomic E-state index is 12.9. The van der Waals surface area contributed by atoms with E-state index >= 15 is 0 Å². The van der Waals surface area contributed by atoms with Gasteiger partial charge in [-0.25, -0.2) is 8.42 Å². The molecule has 1 saturated heterocycles. The Morgan fingerprint density at radius 3 is 2.36 bits per heavy atom. The lowest BCUT2D eigenvalue weighted by atomic mass is 9.86. The third-order valence-corrected chi connectivity index (χ3v) is 7.90. The summed E-state index contributed by atoms with van der Waals surface area (Å²) < 4.78 is 32.9. The van der Waals surface area contributed by atoms with E-state index in [0.717, 1.165) is 12.2 Å². The van der Waals surface area contributed by atoms with Crippen molar-refractivity contribution in [3.05, 3.63) is 60.2 Å². The van der Waals surface area contributed by atoms with Crippen molar-refractivity contribution in [2.75, 3.05) is 19.7 Å². The number of hydrogen-bond acceptors (Lipinski definition) is 5. The highest BCUT2D eigenvalue weighted by Gasteiger charge is 2.33. The molecule has 0 saturated carbocycles. The maximum Gasteiger partial charge on any atom is 0.243 e. The highest BCUT2D eigenvalue weighted by atomic mass is 32.2. The summed E-state index contributed by atoms with van der Waals surface area (Å²) in [5.74, 6) is 0.804. The fourth-order valence-corrected chi connectivity index (χ4v) is 5.28. The first-order valence-electron chi connectivity index (χ1n) is 11.2. The van der Waals surface area contributed by atoms with Crippen LogP contribution in [-0.2, 0) is 14.8 Å². The van der Waals surface area contributed by atoms with Gasteiger partial charge in [0.1, 0.15) is 5.75 Å². The summed E-state index contributed by atoms with van der Waals surface area (Å²) in [5.41, 5.74) is -0.115.